The predicted octanol–water partition coefficient (Wildman–Crippen LogP) is 1.63. The number of nitrogens with two attached hydrogens (primary N) is 1. The topological polar surface area (TPSA) is 55.6 Å². The number of hydrogen-bond donors (Lipinski definition) is 1. The van der Waals surface area contributed by atoms with Gasteiger partial charge in [0.05, 0.1) is 12.7 Å². The van der Waals surface area contributed by atoms with Gasteiger partial charge in [-0.2, -0.15) is 0 Å². The molecule has 2 N–H and O–H groups in total. The highest BCUT2D eigenvalue weighted by Crippen LogP contribution is 2.30. The van der Waals surface area contributed by atoms with Crippen LogP contribution in [0.3, 0.4) is 0 Å². The summed E-state index contributed by atoms with van der Waals surface area (Å²) in [4.78, 5) is 14.1. The van der Waals surface area contributed by atoms with E-state index in [1.54, 1.807) is 4.90 Å². The molecule has 0 spiro atoms. The molecular weight excluding hydrogens is 228 g/mol. The van der Waals surface area contributed by atoms with Gasteiger partial charge in [0.1, 0.15) is 0 Å². The summed E-state index contributed by atoms with van der Waals surface area (Å²) in [7, 11) is 1.86. The van der Waals surface area contributed by atoms with Crippen molar-refractivity contribution in [3.8, 4) is 0 Å². The summed E-state index contributed by atoms with van der Waals surface area (Å²) >= 11 is 0. The number of amides is 1. The van der Waals surface area contributed by atoms with E-state index in [0.717, 1.165) is 19.3 Å². The monoisotopic (exact) mass is 256 g/mol. The van der Waals surface area contributed by atoms with Crippen LogP contribution in [0.2, 0.25) is 0 Å². The number of ether oxygens (including phenoxy) is 1. The molecule has 4 nitrogen and oxygen atoms in total. The molecular formula is C14H28N2O2. The molecule has 0 aromatic rings. The van der Waals surface area contributed by atoms with Gasteiger partial charge in [-0.05, 0) is 32.6 Å². The van der Waals surface area contributed by atoms with Crippen molar-refractivity contribution < 1.29 is 9.53 Å². The third kappa shape index (κ3) is 4.25. The number of hydrogen-bond acceptors (Lipinski definition) is 3. The van der Waals surface area contributed by atoms with E-state index in [1.807, 2.05) is 20.9 Å². The largest absolute Gasteiger partial charge is 0.377 e. The number of carbonyl (C=O) groups is 1. The average molecular weight is 256 g/mol. The molecule has 3 atom stereocenters. The van der Waals surface area contributed by atoms with Gasteiger partial charge in [0.25, 0.3) is 0 Å². The zero-order valence-corrected chi connectivity index (χ0v) is 12.2. The fraction of sp³-hybridized carbons (Fsp3) is 0.929. The Morgan fingerprint density at radius 3 is 2.72 bits per heavy atom. The smallest absolute Gasteiger partial charge is 0.225 e. The fourth-order valence-corrected chi connectivity index (χ4v) is 2.56. The molecule has 0 heterocycles. The van der Waals surface area contributed by atoms with Gasteiger partial charge in [-0.3, -0.25) is 4.79 Å². The second-order valence-corrected chi connectivity index (χ2v) is 5.74. The van der Waals surface area contributed by atoms with Gasteiger partial charge < -0.3 is 15.4 Å². The Hall–Kier alpha value is -0.610. The lowest BCUT2D eigenvalue weighted by Gasteiger charge is -2.35. The molecule has 0 bridgehead atoms. The third-order valence-corrected chi connectivity index (χ3v) is 3.93. The highest BCUT2D eigenvalue weighted by Gasteiger charge is 2.33. The van der Waals surface area contributed by atoms with Crippen LogP contribution in [0, 0.1) is 11.8 Å². The zero-order valence-electron chi connectivity index (χ0n) is 12.2. The molecule has 0 aliphatic heterocycles. The van der Waals surface area contributed by atoms with Crippen molar-refractivity contribution in [2.24, 2.45) is 17.6 Å². The lowest BCUT2D eigenvalue weighted by molar-refractivity contribution is -0.138. The summed E-state index contributed by atoms with van der Waals surface area (Å²) in [5, 5.41) is 0. The molecule has 0 radical (unpaired) electrons. The van der Waals surface area contributed by atoms with Crippen molar-refractivity contribution in [2.45, 2.75) is 52.2 Å². The minimum atomic E-state index is 0.0952. The molecule has 1 aliphatic carbocycles. The van der Waals surface area contributed by atoms with E-state index in [-0.39, 0.29) is 24.0 Å². The van der Waals surface area contributed by atoms with Gasteiger partial charge in [-0.25, -0.2) is 0 Å². The molecule has 106 valence electrons. The molecule has 1 fully saturated rings. The number of carbonyl (C=O) groups excluding carboxylic acids is 1. The van der Waals surface area contributed by atoms with Gasteiger partial charge >= 0.3 is 0 Å². The van der Waals surface area contributed by atoms with E-state index in [4.69, 9.17) is 10.5 Å². The Labute approximate surface area is 111 Å². The molecule has 1 amide bonds. The van der Waals surface area contributed by atoms with Crippen LogP contribution < -0.4 is 5.73 Å². The number of likely N-dealkylation sites (N-methyl/N-ethyl adjacent to an activating group) is 1. The second kappa shape index (κ2) is 7.10. The first-order valence-electron chi connectivity index (χ1n) is 7.05. The molecule has 18 heavy (non-hydrogen) atoms. The van der Waals surface area contributed by atoms with E-state index >= 15 is 0 Å². The lowest BCUT2D eigenvalue weighted by Crippen LogP contribution is -2.45. The molecule has 0 saturated heterocycles. The van der Waals surface area contributed by atoms with E-state index in [0.29, 0.717) is 19.1 Å². The maximum Gasteiger partial charge on any atom is 0.225 e. The highest BCUT2D eigenvalue weighted by atomic mass is 16.5. The first-order valence-corrected chi connectivity index (χ1v) is 7.05. The van der Waals surface area contributed by atoms with Crippen LogP contribution >= 0.6 is 0 Å². The normalized spacial score (nSPS) is 28.4. The molecule has 4 heteroatoms. The van der Waals surface area contributed by atoms with Crippen LogP contribution in [-0.4, -0.2) is 43.2 Å². The molecule has 1 rings (SSSR count). The quantitative estimate of drug-likeness (QED) is 0.813. The van der Waals surface area contributed by atoms with Crippen molar-refractivity contribution in [3.05, 3.63) is 0 Å². The minimum Gasteiger partial charge on any atom is -0.377 e. The summed E-state index contributed by atoms with van der Waals surface area (Å²) < 4.78 is 5.48. The van der Waals surface area contributed by atoms with Crippen molar-refractivity contribution in [1.29, 1.82) is 0 Å². The van der Waals surface area contributed by atoms with Crippen molar-refractivity contribution in [3.63, 3.8) is 0 Å². The summed E-state index contributed by atoms with van der Waals surface area (Å²) in [6.07, 6.45) is 3.31. The predicted molar refractivity (Wildman–Crippen MR) is 73.2 cm³/mol. The van der Waals surface area contributed by atoms with Crippen LogP contribution in [0.15, 0.2) is 0 Å². The van der Waals surface area contributed by atoms with Crippen LogP contribution in [0.5, 0.6) is 0 Å². The molecule has 1 saturated carbocycles. The van der Waals surface area contributed by atoms with E-state index in [2.05, 4.69) is 6.92 Å². The van der Waals surface area contributed by atoms with E-state index < -0.39 is 0 Å². The molecule has 0 aromatic heterocycles. The molecule has 0 aromatic carbocycles. The zero-order chi connectivity index (χ0) is 13.7. The van der Waals surface area contributed by atoms with E-state index in [9.17, 15) is 4.79 Å². The maximum absolute atomic E-state index is 12.3. The Bertz CT molecular complexity index is 269. The summed E-state index contributed by atoms with van der Waals surface area (Å²) in [5.41, 5.74) is 6.05. The van der Waals surface area contributed by atoms with Gasteiger partial charge in [0.15, 0.2) is 0 Å². The minimum absolute atomic E-state index is 0.0952. The lowest BCUT2D eigenvalue weighted by atomic mass is 9.76. The number of rotatable bonds is 5. The molecule has 3 unspecified atom stereocenters. The second-order valence-electron chi connectivity index (χ2n) is 5.74. The Morgan fingerprint density at radius 1 is 1.44 bits per heavy atom. The van der Waals surface area contributed by atoms with Crippen LogP contribution in [0.4, 0.5) is 0 Å². The van der Waals surface area contributed by atoms with Crippen molar-refractivity contribution in [2.75, 3.05) is 20.2 Å². The summed E-state index contributed by atoms with van der Waals surface area (Å²) in [5.74, 6) is 0.613. The van der Waals surface area contributed by atoms with Crippen LogP contribution in [0.1, 0.15) is 40.0 Å². The van der Waals surface area contributed by atoms with Gasteiger partial charge in [0.2, 0.25) is 5.91 Å². The first kappa shape index (κ1) is 15.4. The van der Waals surface area contributed by atoms with Gasteiger partial charge in [0, 0.05) is 25.6 Å². The first-order chi connectivity index (χ1) is 8.43. The fourth-order valence-electron chi connectivity index (χ4n) is 2.56. The van der Waals surface area contributed by atoms with Crippen molar-refractivity contribution >= 4 is 5.91 Å². The summed E-state index contributed by atoms with van der Waals surface area (Å²) in [6.45, 7) is 7.38. The average Bonchev–Trinajstić information content (AvgIpc) is 2.31. The van der Waals surface area contributed by atoms with Gasteiger partial charge in [-0.15, -0.1) is 0 Å². The number of nitrogens with zero attached hydrogens (tertiary/aromatic N) is 1. The van der Waals surface area contributed by atoms with Crippen LogP contribution in [0.25, 0.3) is 0 Å². The van der Waals surface area contributed by atoms with Gasteiger partial charge in [-0.1, -0.05) is 13.3 Å². The standard InChI is InChI=1S/C14H28N2O2/c1-10(2)18-9-8-16(4)14(17)12-6-5-7-13(15)11(12)3/h10-13H,5-9,15H2,1-4H3. The van der Waals surface area contributed by atoms with E-state index in [1.165, 1.54) is 0 Å². The Morgan fingerprint density at radius 2 is 2.11 bits per heavy atom. The summed E-state index contributed by atoms with van der Waals surface area (Å²) in [6, 6.07) is 0.174. The Balaban J connectivity index is 2.42. The SMILES string of the molecule is CC(C)OCCN(C)C(=O)C1CCCC(N)C1C. The third-order valence-electron chi connectivity index (χ3n) is 3.93. The highest BCUT2D eigenvalue weighted by molar-refractivity contribution is 5.79. The Kier molecular flexibility index (Phi) is 6.09. The van der Waals surface area contributed by atoms with Crippen LogP contribution in [-0.2, 0) is 9.53 Å². The molecule has 1 aliphatic rings. The maximum atomic E-state index is 12.3. The van der Waals surface area contributed by atoms with Crippen molar-refractivity contribution in [1.82, 2.24) is 4.90 Å².